The lowest BCUT2D eigenvalue weighted by molar-refractivity contribution is 0.133. The smallest absolute Gasteiger partial charge is 0.0573 e. The molecule has 0 aromatic rings. The van der Waals surface area contributed by atoms with Gasteiger partial charge in [0.25, 0.3) is 0 Å². The molecule has 2 aliphatic heterocycles. The van der Waals surface area contributed by atoms with E-state index in [2.05, 4.69) is 23.2 Å². The first-order chi connectivity index (χ1) is 6.81. The molecule has 2 unspecified atom stereocenters. The molecule has 2 fully saturated rings. The van der Waals surface area contributed by atoms with E-state index in [4.69, 9.17) is 6.42 Å². The Morgan fingerprint density at radius 3 is 2.57 bits per heavy atom. The Bertz CT molecular complexity index is 217. The van der Waals surface area contributed by atoms with E-state index in [1.165, 1.54) is 25.7 Å². The quantitative estimate of drug-likeness (QED) is 0.532. The summed E-state index contributed by atoms with van der Waals surface area (Å²) in [6, 6.07) is 1.71. The standard InChI is InChI=1S/C12H20N2/c1-3-6-13-9-10-7-11-4-5-12(8-10)14(11)2/h1,10-13H,4-9H2,2H3. The van der Waals surface area contributed by atoms with Gasteiger partial charge in [-0.25, -0.2) is 0 Å². The predicted molar refractivity (Wildman–Crippen MR) is 59.0 cm³/mol. The second-order valence-corrected chi connectivity index (χ2v) is 4.72. The summed E-state index contributed by atoms with van der Waals surface area (Å²) in [5.41, 5.74) is 0. The molecule has 0 aromatic heterocycles. The molecule has 2 atom stereocenters. The molecule has 2 bridgehead atoms. The van der Waals surface area contributed by atoms with E-state index < -0.39 is 0 Å². The van der Waals surface area contributed by atoms with Crippen molar-refractivity contribution in [2.45, 2.75) is 37.8 Å². The van der Waals surface area contributed by atoms with Gasteiger partial charge in [0.15, 0.2) is 0 Å². The van der Waals surface area contributed by atoms with Crippen molar-refractivity contribution in [2.75, 3.05) is 20.1 Å². The Hall–Kier alpha value is -0.520. The first-order valence-corrected chi connectivity index (χ1v) is 5.67. The number of piperidine rings is 1. The molecule has 2 heteroatoms. The van der Waals surface area contributed by atoms with Crippen molar-refractivity contribution < 1.29 is 0 Å². The maximum atomic E-state index is 5.21. The van der Waals surface area contributed by atoms with E-state index in [1.54, 1.807) is 0 Å². The minimum absolute atomic E-state index is 0.724. The van der Waals surface area contributed by atoms with Gasteiger partial charge >= 0.3 is 0 Å². The van der Waals surface area contributed by atoms with Crippen LogP contribution >= 0.6 is 0 Å². The van der Waals surface area contributed by atoms with Gasteiger partial charge in [-0.3, -0.25) is 0 Å². The van der Waals surface area contributed by atoms with Crippen LogP contribution in [0.15, 0.2) is 0 Å². The molecule has 78 valence electrons. The molecule has 1 N–H and O–H groups in total. The second kappa shape index (κ2) is 4.33. The van der Waals surface area contributed by atoms with Crippen LogP contribution in [0.4, 0.5) is 0 Å². The Morgan fingerprint density at radius 1 is 1.36 bits per heavy atom. The second-order valence-electron chi connectivity index (χ2n) is 4.72. The molecule has 2 rings (SSSR count). The average molecular weight is 192 g/mol. The van der Waals surface area contributed by atoms with Crippen molar-refractivity contribution in [1.82, 2.24) is 10.2 Å². The molecular weight excluding hydrogens is 172 g/mol. The van der Waals surface area contributed by atoms with Crippen molar-refractivity contribution in [3.05, 3.63) is 0 Å². The summed E-state index contributed by atoms with van der Waals surface area (Å²) < 4.78 is 0. The summed E-state index contributed by atoms with van der Waals surface area (Å²) in [6.07, 6.45) is 10.8. The number of rotatable bonds is 3. The number of terminal acetylenes is 1. The summed E-state index contributed by atoms with van der Waals surface area (Å²) in [4.78, 5) is 2.58. The Kier molecular flexibility index (Phi) is 3.10. The zero-order chi connectivity index (χ0) is 9.97. The molecule has 2 saturated heterocycles. The highest BCUT2D eigenvalue weighted by atomic mass is 15.2. The fourth-order valence-corrected chi connectivity index (χ4v) is 3.04. The van der Waals surface area contributed by atoms with Gasteiger partial charge in [-0.05, 0) is 45.2 Å². The third-order valence-electron chi connectivity index (χ3n) is 3.86. The Morgan fingerprint density at radius 2 is 2.00 bits per heavy atom. The van der Waals surface area contributed by atoms with Crippen LogP contribution in [0.5, 0.6) is 0 Å². The lowest BCUT2D eigenvalue weighted by atomic mass is 9.91. The zero-order valence-electron chi connectivity index (χ0n) is 9.00. The fourth-order valence-electron chi connectivity index (χ4n) is 3.04. The largest absolute Gasteiger partial charge is 0.306 e. The van der Waals surface area contributed by atoms with E-state index in [0.717, 1.165) is 31.1 Å². The molecule has 2 aliphatic rings. The van der Waals surface area contributed by atoms with Gasteiger partial charge in [0, 0.05) is 12.1 Å². The molecule has 14 heavy (non-hydrogen) atoms. The number of nitrogens with zero attached hydrogens (tertiary/aromatic N) is 1. The van der Waals surface area contributed by atoms with E-state index in [-0.39, 0.29) is 0 Å². The Balaban J connectivity index is 1.79. The summed E-state index contributed by atoms with van der Waals surface area (Å²) in [7, 11) is 2.29. The third-order valence-corrected chi connectivity index (χ3v) is 3.86. The maximum absolute atomic E-state index is 5.21. The van der Waals surface area contributed by atoms with Crippen LogP contribution in [-0.4, -0.2) is 37.1 Å². The van der Waals surface area contributed by atoms with Crippen LogP contribution in [0.25, 0.3) is 0 Å². The normalized spacial score (nSPS) is 37.0. The van der Waals surface area contributed by atoms with Crippen LogP contribution in [0, 0.1) is 18.3 Å². The molecule has 0 radical (unpaired) electrons. The van der Waals surface area contributed by atoms with Crippen LogP contribution in [-0.2, 0) is 0 Å². The SMILES string of the molecule is C#CCNCC1CC2CCC(C1)N2C. The fraction of sp³-hybridized carbons (Fsp3) is 0.833. The number of nitrogens with one attached hydrogen (secondary N) is 1. The van der Waals surface area contributed by atoms with Crippen LogP contribution < -0.4 is 5.32 Å². The van der Waals surface area contributed by atoms with Gasteiger partial charge in [-0.2, -0.15) is 0 Å². The summed E-state index contributed by atoms with van der Waals surface area (Å²) in [5.74, 6) is 3.49. The highest BCUT2D eigenvalue weighted by Crippen LogP contribution is 2.36. The average Bonchev–Trinajstić information content (AvgIpc) is 2.41. The minimum atomic E-state index is 0.724. The van der Waals surface area contributed by atoms with Crippen molar-refractivity contribution in [2.24, 2.45) is 5.92 Å². The van der Waals surface area contributed by atoms with Gasteiger partial charge in [-0.1, -0.05) is 5.92 Å². The molecular formula is C12H20N2. The Labute approximate surface area is 87.1 Å². The number of hydrogen-bond acceptors (Lipinski definition) is 2. The lowest BCUT2D eigenvalue weighted by Crippen LogP contribution is -2.42. The lowest BCUT2D eigenvalue weighted by Gasteiger charge is -2.36. The predicted octanol–water partition coefficient (Wildman–Crippen LogP) is 1.08. The summed E-state index contributed by atoms with van der Waals surface area (Å²) in [6.45, 7) is 1.84. The number of fused-ring (bicyclic) bond motifs is 2. The van der Waals surface area contributed by atoms with Crippen molar-refractivity contribution in [3.8, 4) is 12.3 Å². The number of hydrogen-bond donors (Lipinski definition) is 1. The summed E-state index contributed by atoms with van der Waals surface area (Å²) >= 11 is 0. The molecule has 2 nitrogen and oxygen atoms in total. The monoisotopic (exact) mass is 192 g/mol. The maximum Gasteiger partial charge on any atom is 0.0573 e. The first-order valence-electron chi connectivity index (χ1n) is 5.67. The van der Waals surface area contributed by atoms with Gasteiger partial charge in [0.1, 0.15) is 0 Å². The van der Waals surface area contributed by atoms with Gasteiger partial charge in [0.05, 0.1) is 6.54 Å². The molecule has 0 aliphatic carbocycles. The van der Waals surface area contributed by atoms with Crippen molar-refractivity contribution in [3.63, 3.8) is 0 Å². The minimum Gasteiger partial charge on any atom is -0.306 e. The molecule has 0 spiro atoms. The highest BCUT2D eigenvalue weighted by molar-refractivity contribution is 4.94. The molecule has 0 aromatic carbocycles. The molecule has 0 saturated carbocycles. The van der Waals surface area contributed by atoms with E-state index >= 15 is 0 Å². The highest BCUT2D eigenvalue weighted by Gasteiger charge is 2.37. The van der Waals surface area contributed by atoms with Crippen molar-refractivity contribution in [1.29, 1.82) is 0 Å². The molecule has 2 heterocycles. The van der Waals surface area contributed by atoms with Gasteiger partial charge < -0.3 is 10.2 Å². The van der Waals surface area contributed by atoms with E-state index in [1.807, 2.05) is 0 Å². The third kappa shape index (κ3) is 1.94. The molecule has 0 amide bonds. The van der Waals surface area contributed by atoms with Gasteiger partial charge in [0.2, 0.25) is 0 Å². The van der Waals surface area contributed by atoms with E-state index in [0.29, 0.717) is 0 Å². The van der Waals surface area contributed by atoms with Crippen LogP contribution in [0.1, 0.15) is 25.7 Å². The van der Waals surface area contributed by atoms with Gasteiger partial charge in [-0.15, -0.1) is 6.42 Å². The first kappa shape index (κ1) is 10.0. The van der Waals surface area contributed by atoms with Crippen LogP contribution in [0.2, 0.25) is 0 Å². The zero-order valence-corrected chi connectivity index (χ0v) is 9.00. The van der Waals surface area contributed by atoms with Crippen molar-refractivity contribution >= 4 is 0 Å². The topological polar surface area (TPSA) is 15.3 Å². The summed E-state index contributed by atoms with van der Waals surface area (Å²) in [5, 5.41) is 3.33. The van der Waals surface area contributed by atoms with Crippen LogP contribution in [0.3, 0.4) is 0 Å². The van der Waals surface area contributed by atoms with E-state index in [9.17, 15) is 0 Å².